The van der Waals surface area contributed by atoms with Crippen LogP contribution in [0.2, 0.25) is 0 Å². The van der Waals surface area contributed by atoms with Crippen molar-refractivity contribution in [3.05, 3.63) is 11.6 Å². The fraction of sp³-hybridized carbons (Fsp3) is 0.727. The highest BCUT2D eigenvalue weighted by Gasteiger charge is 2.10. The van der Waals surface area contributed by atoms with Crippen LogP contribution >= 0.6 is 0 Å². The molecule has 0 spiro atoms. The monoisotopic (exact) mass is 224 g/mol. The number of nitrogens with zero attached hydrogens (tertiary/aromatic N) is 2. The third-order valence-electron chi connectivity index (χ3n) is 2.39. The number of unbranched alkanes of at least 4 members (excludes halogenated alkanes) is 3. The number of aromatic nitrogens is 3. The smallest absolute Gasteiger partial charge is 0.290 e. The van der Waals surface area contributed by atoms with E-state index in [1.54, 1.807) is 0 Å². The zero-order valence-electron chi connectivity index (χ0n) is 10.0. The van der Waals surface area contributed by atoms with E-state index in [0.29, 0.717) is 6.54 Å². The van der Waals surface area contributed by atoms with Gasteiger partial charge in [-0.3, -0.25) is 9.89 Å². The molecule has 0 saturated heterocycles. The molecule has 1 rings (SSSR count). The number of hydrogen-bond acceptors (Lipinski definition) is 3. The molecule has 0 aliphatic rings. The average Bonchev–Trinajstić information content (AvgIpc) is 2.77. The van der Waals surface area contributed by atoms with Crippen molar-refractivity contribution in [2.75, 3.05) is 6.54 Å². The lowest BCUT2D eigenvalue weighted by Gasteiger charge is -2.01. The van der Waals surface area contributed by atoms with Crippen LogP contribution in [0.25, 0.3) is 0 Å². The summed E-state index contributed by atoms with van der Waals surface area (Å²) in [5.74, 6) is 0.802. The van der Waals surface area contributed by atoms with E-state index in [-0.39, 0.29) is 11.7 Å². The van der Waals surface area contributed by atoms with E-state index < -0.39 is 0 Å². The molecule has 1 aromatic heterocycles. The maximum atomic E-state index is 11.6. The number of aromatic amines is 1. The van der Waals surface area contributed by atoms with Gasteiger partial charge in [-0.2, -0.15) is 0 Å². The maximum Gasteiger partial charge on any atom is 0.290 e. The van der Waals surface area contributed by atoms with Crippen molar-refractivity contribution in [2.24, 2.45) is 0 Å². The topological polar surface area (TPSA) is 70.7 Å². The Balaban J connectivity index is 2.24. The fourth-order valence-corrected chi connectivity index (χ4v) is 1.39. The second kappa shape index (κ2) is 6.98. The Morgan fingerprint density at radius 2 is 2.12 bits per heavy atom. The van der Waals surface area contributed by atoms with Crippen molar-refractivity contribution in [3.8, 4) is 0 Å². The Hall–Kier alpha value is -1.39. The van der Waals surface area contributed by atoms with Gasteiger partial charge in [0.15, 0.2) is 0 Å². The summed E-state index contributed by atoms with van der Waals surface area (Å²) in [7, 11) is 0. The summed E-state index contributed by atoms with van der Waals surface area (Å²) < 4.78 is 0. The van der Waals surface area contributed by atoms with Gasteiger partial charge in [-0.25, -0.2) is 4.98 Å². The molecule has 0 aliphatic carbocycles. The van der Waals surface area contributed by atoms with Crippen LogP contribution in [0.4, 0.5) is 0 Å². The van der Waals surface area contributed by atoms with Crippen molar-refractivity contribution < 1.29 is 4.79 Å². The highest BCUT2D eigenvalue weighted by atomic mass is 16.2. The van der Waals surface area contributed by atoms with E-state index in [4.69, 9.17) is 0 Å². The quantitative estimate of drug-likeness (QED) is 0.692. The van der Waals surface area contributed by atoms with E-state index in [2.05, 4.69) is 27.4 Å². The van der Waals surface area contributed by atoms with Crippen LogP contribution in [-0.4, -0.2) is 27.6 Å². The van der Waals surface area contributed by atoms with Crippen LogP contribution < -0.4 is 5.32 Å². The minimum atomic E-state index is -0.188. The Morgan fingerprint density at radius 3 is 2.75 bits per heavy atom. The van der Waals surface area contributed by atoms with E-state index in [1.807, 2.05) is 6.92 Å². The molecule has 90 valence electrons. The van der Waals surface area contributed by atoms with Gasteiger partial charge in [0.2, 0.25) is 5.82 Å². The molecule has 0 atom stereocenters. The second-order valence-electron chi connectivity index (χ2n) is 3.78. The summed E-state index contributed by atoms with van der Waals surface area (Å²) in [4.78, 5) is 15.6. The van der Waals surface area contributed by atoms with Gasteiger partial charge < -0.3 is 5.32 Å². The number of aryl methyl sites for hydroxylation is 1. The summed E-state index contributed by atoms with van der Waals surface area (Å²) in [5, 5.41) is 9.39. The summed E-state index contributed by atoms with van der Waals surface area (Å²) in [6.45, 7) is 4.83. The molecule has 5 nitrogen and oxygen atoms in total. The molecule has 16 heavy (non-hydrogen) atoms. The largest absolute Gasteiger partial charge is 0.349 e. The first-order valence-corrected chi connectivity index (χ1v) is 5.97. The highest BCUT2D eigenvalue weighted by molar-refractivity contribution is 5.90. The number of carbonyl (C=O) groups excluding carboxylic acids is 1. The molecule has 1 amide bonds. The Bertz CT molecular complexity index is 322. The number of H-pyrrole nitrogens is 1. The van der Waals surface area contributed by atoms with Crippen LogP contribution in [0.15, 0.2) is 0 Å². The minimum absolute atomic E-state index is 0.188. The average molecular weight is 224 g/mol. The van der Waals surface area contributed by atoms with E-state index in [1.165, 1.54) is 12.8 Å². The first-order chi connectivity index (χ1) is 7.77. The SMILES string of the molecule is CCCCCCNC(=O)c1n[nH]c(CC)n1. The molecule has 0 aromatic carbocycles. The first kappa shape index (κ1) is 12.7. The van der Waals surface area contributed by atoms with Crippen molar-refractivity contribution in [1.29, 1.82) is 0 Å². The molecule has 0 fully saturated rings. The molecular formula is C11H20N4O. The molecule has 0 bridgehead atoms. The third kappa shape index (κ3) is 4.00. The van der Waals surface area contributed by atoms with Crippen molar-refractivity contribution in [1.82, 2.24) is 20.5 Å². The van der Waals surface area contributed by atoms with Crippen molar-refractivity contribution >= 4 is 5.91 Å². The number of hydrogen-bond donors (Lipinski definition) is 2. The van der Waals surface area contributed by atoms with Gasteiger partial charge >= 0.3 is 0 Å². The van der Waals surface area contributed by atoms with Crippen LogP contribution in [0.3, 0.4) is 0 Å². The maximum absolute atomic E-state index is 11.6. The van der Waals surface area contributed by atoms with Crippen LogP contribution in [0.1, 0.15) is 56.0 Å². The fourth-order valence-electron chi connectivity index (χ4n) is 1.39. The Labute approximate surface area is 96.0 Å². The summed E-state index contributed by atoms with van der Waals surface area (Å²) in [5.41, 5.74) is 0. The minimum Gasteiger partial charge on any atom is -0.349 e. The molecule has 5 heteroatoms. The summed E-state index contributed by atoms with van der Waals surface area (Å²) in [6.07, 6.45) is 5.36. The predicted octanol–water partition coefficient (Wildman–Crippen LogP) is 1.68. The Kier molecular flexibility index (Phi) is 5.53. The zero-order chi connectivity index (χ0) is 11.8. The lowest BCUT2D eigenvalue weighted by molar-refractivity contribution is 0.0943. The molecule has 2 N–H and O–H groups in total. The van der Waals surface area contributed by atoms with Gasteiger partial charge in [-0.1, -0.05) is 33.1 Å². The Morgan fingerprint density at radius 1 is 1.31 bits per heavy atom. The number of nitrogens with one attached hydrogen (secondary N) is 2. The van der Waals surface area contributed by atoms with Crippen LogP contribution in [0, 0.1) is 0 Å². The molecular weight excluding hydrogens is 204 g/mol. The van der Waals surface area contributed by atoms with Gasteiger partial charge in [0.25, 0.3) is 5.91 Å². The predicted molar refractivity (Wildman–Crippen MR) is 62.2 cm³/mol. The van der Waals surface area contributed by atoms with Crippen molar-refractivity contribution in [3.63, 3.8) is 0 Å². The lowest BCUT2D eigenvalue weighted by atomic mass is 10.2. The number of carbonyl (C=O) groups is 1. The number of amides is 1. The van der Waals surface area contributed by atoms with Gasteiger partial charge in [0, 0.05) is 13.0 Å². The highest BCUT2D eigenvalue weighted by Crippen LogP contribution is 1.98. The van der Waals surface area contributed by atoms with Crippen molar-refractivity contribution in [2.45, 2.75) is 46.0 Å². The lowest BCUT2D eigenvalue weighted by Crippen LogP contribution is -2.25. The second-order valence-corrected chi connectivity index (χ2v) is 3.78. The van der Waals surface area contributed by atoms with E-state index >= 15 is 0 Å². The summed E-state index contributed by atoms with van der Waals surface area (Å²) >= 11 is 0. The molecule has 0 radical (unpaired) electrons. The van der Waals surface area contributed by atoms with E-state index in [9.17, 15) is 4.79 Å². The molecule has 0 unspecified atom stereocenters. The van der Waals surface area contributed by atoms with Crippen LogP contribution in [-0.2, 0) is 6.42 Å². The standard InChI is InChI=1S/C11H20N4O/c1-3-5-6-7-8-12-11(16)10-13-9(4-2)14-15-10/h3-8H2,1-2H3,(H,12,16)(H,13,14,15). The zero-order valence-corrected chi connectivity index (χ0v) is 10.0. The summed E-state index contributed by atoms with van der Waals surface area (Å²) in [6, 6.07) is 0. The van der Waals surface area contributed by atoms with Gasteiger partial charge in [0.1, 0.15) is 5.82 Å². The molecule has 0 aliphatic heterocycles. The van der Waals surface area contributed by atoms with Gasteiger partial charge in [0.05, 0.1) is 0 Å². The molecule has 1 aromatic rings. The molecule has 1 heterocycles. The normalized spacial score (nSPS) is 10.4. The van der Waals surface area contributed by atoms with E-state index in [0.717, 1.165) is 25.1 Å². The molecule has 0 saturated carbocycles. The first-order valence-electron chi connectivity index (χ1n) is 5.97. The van der Waals surface area contributed by atoms with Crippen LogP contribution in [0.5, 0.6) is 0 Å². The van der Waals surface area contributed by atoms with Gasteiger partial charge in [-0.05, 0) is 6.42 Å². The third-order valence-corrected chi connectivity index (χ3v) is 2.39. The number of rotatable bonds is 7. The van der Waals surface area contributed by atoms with Gasteiger partial charge in [-0.15, -0.1) is 5.10 Å².